The van der Waals surface area contributed by atoms with E-state index < -0.39 is 0 Å². The topological polar surface area (TPSA) is 54.2 Å². The first kappa shape index (κ1) is 14.7. The molecule has 5 nitrogen and oxygen atoms in total. The Hall–Kier alpha value is -1.72. The Morgan fingerprint density at radius 2 is 2.20 bits per heavy atom. The van der Waals surface area contributed by atoms with Crippen molar-refractivity contribution in [3.05, 3.63) is 48.3 Å². The van der Waals surface area contributed by atoms with Gasteiger partial charge in [-0.05, 0) is 18.6 Å². The lowest BCUT2D eigenvalue weighted by Crippen LogP contribution is -2.37. The predicted octanol–water partition coefficient (Wildman–Crippen LogP) is 1.59. The maximum Gasteiger partial charge on any atom is 0.0945 e. The maximum absolute atomic E-state index is 9.59. The summed E-state index contributed by atoms with van der Waals surface area (Å²) in [7, 11) is 1.99. The van der Waals surface area contributed by atoms with Crippen molar-refractivity contribution in [3.8, 4) is 0 Å². The standard InChI is InChI=1S/C15H22N4O/c1-3-14(11-20)19(9-13-6-4-5-7-17-13)10-15-8-16-12-18(15)2/h4-8,12,14,20H,3,9-11H2,1-2H3. The van der Waals surface area contributed by atoms with Crippen LogP contribution in [0.25, 0.3) is 0 Å². The third-order valence-corrected chi connectivity index (χ3v) is 3.57. The highest BCUT2D eigenvalue weighted by Crippen LogP contribution is 2.13. The molecule has 1 unspecified atom stereocenters. The van der Waals surface area contributed by atoms with Crippen molar-refractivity contribution in [2.24, 2.45) is 7.05 Å². The molecule has 1 N–H and O–H groups in total. The number of rotatable bonds is 7. The number of aliphatic hydroxyl groups is 1. The molecule has 20 heavy (non-hydrogen) atoms. The summed E-state index contributed by atoms with van der Waals surface area (Å²) in [5, 5.41) is 9.59. The predicted molar refractivity (Wildman–Crippen MR) is 77.9 cm³/mol. The van der Waals surface area contributed by atoms with Crippen molar-refractivity contribution < 1.29 is 5.11 Å². The molecule has 0 radical (unpaired) electrons. The molecule has 108 valence electrons. The van der Waals surface area contributed by atoms with Gasteiger partial charge in [0.2, 0.25) is 0 Å². The summed E-state index contributed by atoms with van der Waals surface area (Å²) >= 11 is 0. The van der Waals surface area contributed by atoms with E-state index in [9.17, 15) is 5.11 Å². The van der Waals surface area contributed by atoms with Crippen molar-refractivity contribution >= 4 is 0 Å². The van der Waals surface area contributed by atoms with E-state index in [1.165, 1.54) is 0 Å². The summed E-state index contributed by atoms with van der Waals surface area (Å²) in [6, 6.07) is 6.05. The van der Waals surface area contributed by atoms with Gasteiger partial charge in [-0.15, -0.1) is 0 Å². The van der Waals surface area contributed by atoms with Crippen LogP contribution in [0.2, 0.25) is 0 Å². The van der Waals surface area contributed by atoms with Gasteiger partial charge in [0.05, 0.1) is 24.3 Å². The first-order valence-corrected chi connectivity index (χ1v) is 6.94. The molecule has 0 amide bonds. The molecule has 2 aromatic rings. The summed E-state index contributed by atoms with van der Waals surface area (Å²) in [4.78, 5) is 10.8. The van der Waals surface area contributed by atoms with Gasteiger partial charge in [0.1, 0.15) is 0 Å². The Morgan fingerprint density at radius 1 is 1.35 bits per heavy atom. The van der Waals surface area contributed by atoms with Crippen LogP contribution in [-0.4, -0.2) is 37.2 Å². The lowest BCUT2D eigenvalue weighted by Gasteiger charge is -2.29. The van der Waals surface area contributed by atoms with Crippen LogP contribution in [0.5, 0.6) is 0 Å². The summed E-state index contributed by atoms with van der Waals surface area (Å²) in [6.07, 6.45) is 6.38. The van der Waals surface area contributed by atoms with Crippen LogP contribution in [0.15, 0.2) is 36.9 Å². The van der Waals surface area contributed by atoms with Crippen molar-refractivity contribution in [2.75, 3.05) is 6.61 Å². The number of aryl methyl sites for hydroxylation is 1. The summed E-state index contributed by atoms with van der Waals surface area (Å²) in [5.74, 6) is 0. The van der Waals surface area contributed by atoms with Gasteiger partial charge in [0.25, 0.3) is 0 Å². The second kappa shape index (κ2) is 7.17. The van der Waals surface area contributed by atoms with Gasteiger partial charge in [-0.1, -0.05) is 13.0 Å². The van der Waals surface area contributed by atoms with E-state index in [1.54, 1.807) is 12.5 Å². The minimum Gasteiger partial charge on any atom is -0.395 e. The van der Waals surface area contributed by atoms with E-state index in [1.807, 2.05) is 36.0 Å². The molecular formula is C15H22N4O. The maximum atomic E-state index is 9.59. The molecule has 5 heteroatoms. The fourth-order valence-electron chi connectivity index (χ4n) is 2.26. The molecule has 1 atom stereocenters. The molecule has 0 aliphatic heterocycles. The number of imidazole rings is 1. The molecular weight excluding hydrogens is 252 g/mol. The van der Waals surface area contributed by atoms with Gasteiger partial charge in [0, 0.05) is 38.6 Å². The Balaban J connectivity index is 2.14. The molecule has 0 aromatic carbocycles. The van der Waals surface area contributed by atoms with E-state index in [0.29, 0.717) is 0 Å². The number of nitrogens with zero attached hydrogens (tertiary/aromatic N) is 4. The van der Waals surface area contributed by atoms with Gasteiger partial charge < -0.3 is 9.67 Å². The summed E-state index contributed by atoms with van der Waals surface area (Å²) in [5.41, 5.74) is 2.15. The Labute approximate surface area is 119 Å². The van der Waals surface area contributed by atoms with Gasteiger partial charge >= 0.3 is 0 Å². The minimum absolute atomic E-state index is 0.131. The Kier molecular flexibility index (Phi) is 5.26. The van der Waals surface area contributed by atoms with Crippen molar-refractivity contribution in [3.63, 3.8) is 0 Å². The molecule has 0 fully saturated rings. The quantitative estimate of drug-likeness (QED) is 0.833. The SMILES string of the molecule is CCC(CO)N(Cc1ccccn1)Cc1cncn1C. The minimum atomic E-state index is 0.131. The number of pyridine rings is 1. The fourth-order valence-corrected chi connectivity index (χ4v) is 2.26. The largest absolute Gasteiger partial charge is 0.395 e. The van der Waals surface area contributed by atoms with E-state index in [0.717, 1.165) is 30.9 Å². The first-order valence-electron chi connectivity index (χ1n) is 6.94. The summed E-state index contributed by atoms with van der Waals surface area (Å²) in [6.45, 7) is 3.73. The third-order valence-electron chi connectivity index (χ3n) is 3.57. The van der Waals surface area contributed by atoms with Crippen LogP contribution in [0.4, 0.5) is 0 Å². The van der Waals surface area contributed by atoms with Crippen LogP contribution >= 0.6 is 0 Å². The zero-order valence-corrected chi connectivity index (χ0v) is 12.1. The van der Waals surface area contributed by atoms with E-state index in [4.69, 9.17) is 0 Å². The number of hydrogen-bond donors (Lipinski definition) is 1. The smallest absolute Gasteiger partial charge is 0.0945 e. The van der Waals surface area contributed by atoms with Crippen LogP contribution in [-0.2, 0) is 20.1 Å². The molecule has 2 aromatic heterocycles. The van der Waals surface area contributed by atoms with Crippen LogP contribution in [0.3, 0.4) is 0 Å². The normalized spacial score (nSPS) is 12.8. The van der Waals surface area contributed by atoms with Gasteiger partial charge in [-0.3, -0.25) is 9.88 Å². The zero-order valence-electron chi connectivity index (χ0n) is 12.1. The van der Waals surface area contributed by atoms with E-state index in [-0.39, 0.29) is 12.6 Å². The monoisotopic (exact) mass is 274 g/mol. The highest BCUT2D eigenvalue weighted by molar-refractivity contribution is 5.05. The van der Waals surface area contributed by atoms with Gasteiger partial charge in [0.15, 0.2) is 0 Å². The first-order chi connectivity index (χ1) is 9.74. The highest BCUT2D eigenvalue weighted by atomic mass is 16.3. The van der Waals surface area contributed by atoms with Gasteiger partial charge in [-0.2, -0.15) is 0 Å². The molecule has 0 saturated carbocycles. The van der Waals surface area contributed by atoms with Gasteiger partial charge in [-0.25, -0.2) is 4.98 Å². The van der Waals surface area contributed by atoms with E-state index in [2.05, 4.69) is 21.8 Å². The summed E-state index contributed by atoms with van der Waals surface area (Å²) < 4.78 is 2.01. The van der Waals surface area contributed by atoms with Crippen molar-refractivity contribution in [1.29, 1.82) is 0 Å². The number of aliphatic hydroxyl groups excluding tert-OH is 1. The second-order valence-electron chi connectivity index (χ2n) is 4.97. The molecule has 0 bridgehead atoms. The molecule has 0 aliphatic carbocycles. The second-order valence-corrected chi connectivity index (χ2v) is 4.97. The lowest BCUT2D eigenvalue weighted by molar-refractivity contribution is 0.103. The van der Waals surface area contributed by atoms with Crippen LogP contribution in [0, 0.1) is 0 Å². The third kappa shape index (κ3) is 3.65. The van der Waals surface area contributed by atoms with Crippen LogP contribution in [0.1, 0.15) is 24.7 Å². The molecule has 0 saturated heterocycles. The molecule has 0 aliphatic rings. The molecule has 2 heterocycles. The number of hydrogen-bond acceptors (Lipinski definition) is 4. The molecule has 2 rings (SSSR count). The van der Waals surface area contributed by atoms with E-state index >= 15 is 0 Å². The highest BCUT2D eigenvalue weighted by Gasteiger charge is 2.18. The average Bonchev–Trinajstić information content (AvgIpc) is 2.87. The number of aromatic nitrogens is 3. The Bertz CT molecular complexity index is 508. The lowest BCUT2D eigenvalue weighted by atomic mass is 10.1. The Morgan fingerprint density at radius 3 is 2.75 bits per heavy atom. The molecule has 0 spiro atoms. The fraction of sp³-hybridized carbons (Fsp3) is 0.467. The van der Waals surface area contributed by atoms with Crippen molar-refractivity contribution in [1.82, 2.24) is 19.4 Å². The zero-order chi connectivity index (χ0) is 14.4. The van der Waals surface area contributed by atoms with Crippen LogP contribution < -0.4 is 0 Å². The average molecular weight is 274 g/mol. The van der Waals surface area contributed by atoms with Crippen molar-refractivity contribution in [2.45, 2.75) is 32.5 Å².